The summed E-state index contributed by atoms with van der Waals surface area (Å²) in [6.07, 6.45) is 0. The fourth-order valence-corrected chi connectivity index (χ4v) is 1.76. The smallest absolute Gasteiger partial charge is 0.254 e. The monoisotopic (exact) mass is 287 g/mol. The van der Waals surface area contributed by atoms with Crippen LogP contribution >= 0.6 is 12.6 Å². The summed E-state index contributed by atoms with van der Waals surface area (Å²) < 4.78 is 23.1. The van der Waals surface area contributed by atoms with Crippen molar-refractivity contribution < 1.29 is 18.7 Å². The van der Waals surface area contributed by atoms with Crippen molar-refractivity contribution in [1.29, 1.82) is 0 Å². The second kappa shape index (κ2) is 8.14. The first-order chi connectivity index (χ1) is 9.10. The molecule has 0 saturated heterocycles. The van der Waals surface area contributed by atoms with Crippen LogP contribution in [-0.4, -0.2) is 51.3 Å². The van der Waals surface area contributed by atoms with E-state index in [1.165, 1.54) is 18.2 Å². The van der Waals surface area contributed by atoms with Gasteiger partial charge >= 0.3 is 0 Å². The quantitative estimate of drug-likeness (QED) is 0.778. The molecule has 0 atom stereocenters. The highest BCUT2D eigenvalue weighted by molar-refractivity contribution is 7.80. The van der Waals surface area contributed by atoms with Crippen molar-refractivity contribution in [2.24, 2.45) is 0 Å². The predicted octanol–water partition coefficient (Wildman–Crippen LogP) is 1.85. The summed E-state index contributed by atoms with van der Waals surface area (Å²) in [6, 6.07) is 4.11. The standard InChI is InChI=1S/C13H18FNO3S/c1-17-7-5-15(6-8-18-2)13(16)10-3-4-11(14)12(19)9-10/h3-4,9,19H,5-8H2,1-2H3. The number of ether oxygens (including phenoxy) is 2. The van der Waals surface area contributed by atoms with Crippen molar-refractivity contribution in [3.8, 4) is 0 Å². The second-order valence-corrected chi connectivity index (χ2v) is 4.43. The molecule has 0 aromatic heterocycles. The Morgan fingerprint density at radius 1 is 1.26 bits per heavy atom. The summed E-state index contributed by atoms with van der Waals surface area (Å²) in [4.78, 5) is 14.0. The van der Waals surface area contributed by atoms with Crippen molar-refractivity contribution in [3.63, 3.8) is 0 Å². The highest BCUT2D eigenvalue weighted by Crippen LogP contribution is 2.15. The van der Waals surface area contributed by atoms with Gasteiger partial charge in [-0.3, -0.25) is 4.79 Å². The van der Waals surface area contributed by atoms with Crippen LogP contribution in [0.2, 0.25) is 0 Å². The number of benzene rings is 1. The summed E-state index contributed by atoms with van der Waals surface area (Å²) in [5.41, 5.74) is 0.401. The number of methoxy groups -OCH3 is 2. The molecule has 19 heavy (non-hydrogen) atoms. The van der Waals surface area contributed by atoms with Gasteiger partial charge in [-0.25, -0.2) is 4.39 Å². The number of carbonyl (C=O) groups is 1. The Kier molecular flexibility index (Phi) is 6.83. The average Bonchev–Trinajstić information content (AvgIpc) is 2.41. The van der Waals surface area contributed by atoms with Gasteiger partial charge in [-0.15, -0.1) is 12.6 Å². The minimum atomic E-state index is -0.444. The van der Waals surface area contributed by atoms with Crippen LogP contribution in [0.15, 0.2) is 23.1 Å². The molecule has 1 amide bonds. The van der Waals surface area contributed by atoms with Gasteiger partial charge in [0.2, 0.25) is 0 Å². The molecule has 1 rings (SSSR count). The van der Waals surface area contributed by atoms with Gasteiger partial charge in [0.05, 0.1) is 13.2 Å². The zero-order valence-corrected chi connectivity index (χ0v) is 12.0. The molecule has 106 valence electrons. The lowest BCUT2D eigenvalue weighted by Gasteiger charge is -2.22. The summed E-state index contributed by atoms with van der Waals surface area (Å²) in [5, 5.41) is 0. The number of hydrogen-bond donors (Lipinski definition) is 1. The summed E-state index contributed by atoms with van der Waals surface area (Å²) in [5.74, 6) is -0.635. The number of hydrogen-bond acceptors (Lipinski definition) is 4. The van der Waals surface area contributed by atoms with Crippen molar-refractivity contribution in [1.82, 2.24) is 4.90 Å². The maximum absolute atomic E-state index is 13.1. The van der Waals surface area contributed by atoms with E-state index in [0.717, 1.165) is 0 Å². The van der Waals surface area contributed by atoms with E-state index in [4.69, 9.17) is 9.47 Å². The Hall–Kier alpha value is -1.11. The molecule has 0 radical (unpaired) electrons. The van der Waals surface area contributed by atoms with Gasteiger partial charge < -0.3 is 14.4 Å². The van der Waals surface area contributed by atoms with E-state index < -0.39 is 5.82 Å². The van der Waals surface area contributed by atoms with E-state index in [1.807, 2.05) is 0 Å². The minimum Gasteiger partial charge on any atom is -0.383 e. The summed E-state index contributed by atoms with van der Waals surface area (Å²) >= 11 is 3.98. The lowest BCUT2D eigenvalue weighted by molar-refractivity contribution is 0.0627. The molecular formula is C13H18FNO3S. The molecule has 1 aromatic carbocycles. The number of rotatable bonds is 7. The Balaban J connectivity index is 2.81. The van der Waals surface area contributed by atoms with Crippen molar-refractivity contribution in [3.05, 3.63) is 29.6 Å². The molecule has 0 N–H and O–H groups in total. The number of halogens is 1. The third kappa shape index (κ3) is 4.81. The fraction of sp³-hybridized carbons (Fsp3) is 0.462. The lowest BCUT2D eigenvalue weighted by Crippen LogP contribution is -2.36. The predicted molar refractivity (Wildman–Crippen MR) is 73.3 cm³/mol. The van der Waals surface area contributed by atoms with Crippen molar-refractivity contribution in [2.75, 3.05) is 40.5 Å². The Morgan fingerprint density at radius 3 is 2.32 bits per heavy atom. The molecule has 0 bridgehead atoms. The molecule has 0 unspecified atom stereocenters. The SMILES string of the molecule is COCCN(CCOC)C(=O)c1ccc(F)c(S)c1. The first kappa shape index (κ1) is 15.9. The Bertz CT molecular complexity index is 420. The second-order valence-electron chi connectivity index (χ2n) is 3.94. The molecular weight excluding hydrogens is 269 g/mol. The summed E-state index contributed by atoms with van der Waals surface area (Å²) in [7, 11) is 3.14. The normalized spacial score (nSPS) is 10.5. The van der Waals surface area contributed by atoms with Gasteiger partial charge in [0, 0.05) is 37.8 Å². The van der Waals surface area contributed by atoms with Crippen LogP contribution in [0, 0.1) is 5.82 Å². The van der Waals surface area contributed by atoms with Crippen LogP contribution in [0.25, 0.3) is 0 Å². The van der Waals surface area contributed by atoms with Crippen LogP contribution in [0.3, 0.4) is 0 Å². The number of nitrogens with zero attached hydrogens (tertiary/aromatic N) is 1. The molecule has 4 nitrogen and oxygen atoms in total. The van der Waals surface area contributed by atoms with Crippen molar-refractivity contribution >= 4 is 18.5 Å². The van der Waals surface area contributed by atoms with E-state index in [2.05, 4.69) is 12.6 Å². The summed E-state index contributed by atoms with van der Waals surface area (Å²) in [6.45, 7) is 1.78. The van der Waals surface area contributed by atoms with Gasteiger partial charge in [-0.2, -0.15) is 0 Å². The maximum Gasteiger partial charge on any atom is 0.254 e. The molecule has 1 aromatic rings. The van der Waals surface area contributed by atoms with E-state index >= 15 is 0 Å². The maximum atomic E-state index is 13.1. The van der Waals surface area contributed by atoms with E-state index in [0.29, 0.717) is 31.9 Å². The Labute approximate surface area is 117 Å². The zero-order chi connectivity index (χ0) is 14.3. The third-order valence-electron chi connectivity index (χ3n) is 2.61. The number of thiol groups is 1. The van der Waals surface area contributed by atoms with Crippen LogP contribution in [0.1, 0.15) is 10.4 Å². The third-order valence-corrected chi connectivity index (χ3v) is 2.95. The van der Waals surface area contributed by atoms with Crippen LogP contribution < -0.4 is 0 Å². The average molecular weight is 287 g/mol. The van der Waals surface area contributed by atoms with Crippen LogP contribution in [-0.2, 0) is 9.47 Å². The largest absolute Gasteiger partial charge is 0.383 e. The molecule has 6 heteroatoms. The Morgan fingerprint density at radius 2 is 1.84 bits per heavy atom. The van der Waals surface area contributed by atoms with Crippen LogP contribution in [0.5, 0.6) is 0 Å². The molecule has 0 aliphatic heterocycles. The topological polar surface area (TPSA) is 38.8 Å². The lowest BCUT2D eigenvalue weighted by atomic mass is 10.2. The van der Waals surface area contributed by atoms with E-state index in [9.17, 15) is 9.18 Å². The van der Waals surface area contributed by atoms with Gasteiger partial charge in [-0.1, -0.05) is 0 Å². The molecule has 0 aliphatic carbocycles. The highest BCUT2D eigenvalue weighted by atomic mass is 32.1. The molecule has 0 spiro atoms. The highest BCUT2D eigenvalue weighted by Gasteiger charge is 2.16. The van der Waals surface area contributed by atoms with Gasteiger partial charge in [0.1, 0.15) is 5.82 Å². The fourth-order valence-electron chi connectivity index (χ4n) is 1.55. The zero-order valence-electron chi connectivity index (χ0n) is 11.1. The van der Waals surface area contributed by atoms with Crippen LogP contribution in [0.4, 0.5) is 4.39 Å². The van der Waals surface area contributed by atoms with Gasteiger partial charge in [0.15, 0.2) is 0 Å². The molecule has 0 fully saturated rings. The van der Waals surface area contributed by atoms with Gasteiger partial charge in [0.25, 0.3) is 5.91 Å². The van der Waals surface area contributed by atoms with E-state index in [1.54, 1.807) is 19.1 Å². The first-order valence-corrected chi connectivity index (χ1v) is 6.30. The molecule has 0 heterocycles. The minimum absolute atomic E-state index is 0.157. The first-order valence-electron chi connectivity index (χ1n) is 5.85. The number of carbonyl (C=O) groups excluding carboxylic acids is 1. The van der Waals surface area contributed by atoms with Gasteiger partial charge in [-0.05, 0) is 18.2 Å². The molecule has 0 saturated carbocycles. The molecule has 0 aliphatic rings. The van der Waals surface area contributed by atoms with E-state index in [-0.39, 0.29) is 10.8 Å². The van der Waals surface area contributed by atoms with Crippen molar-refractivity contribution in [2.45, 2.75) is 4.90 Å². The number of amides is 1.